The van der Waals surface area contributed by atoms with Crippen LogP contribution in [0.2, 0.25) is 10.0 Å². The maximum atomic E-state index is 12.2. The first-order chi connectivity index (χ1) is 9.72. The Balaban J connectivity index is 2.42. The molecule has 0 aliphatic carbocycles. The third-order valence-corrected chi connectivity index (χ3v) is 6.29. The van der Waals surface area contributed by atoms with E-state index in [1.165, 1.54) is 18.2 Å². The van der Waals surface area contributed by atoms with Gasteiger partial charge in [0.25, 0.3) is 10.0 Å². The van der Waals surface area contributed by atoms with Crippen LogP contribution in [0.4, 0.5) is 5.69 Å². The van der Waals surface area contributed by atoms with Crippen LogP contribution in [0, 0.1) is 6.92 Å². The maximum absolute atomic E-state index is 12.2. The second-order valence-corrected chi connectivity index (χ2v) is 7.86. The SMILES string of the molecule is Cc1ccc(Cl)c(NS(=O)(=O)c2ccc(C(=O)O)s2)c1Cl. The van der Waals surface area contributed by atoms with Gasteiger partial charge in [0.05, 0.1) is 15.7 Å². The number of carboxylic acids is 1. The third kappa shape index (κ3) is 3.32. The Labute approximate surface area is 135 Å². The van der Waals surface area contributed by atoms with Gasteiger partial charge in [0, 0.05) is 0 Å². The molecule has 1 aromatic carbocycles. The standard InChI is InChI=1S/C12H9Cl2NO4S2/c1-6-2-3-7(13)11(10(6)14)15-21(18,19)9-5-4-8(20-9)12(16)17/h2-5,15H,1H3,(H,16,17). The minimum absolute atomic E-state index is 0.0724. The predicted octanol–water partition coefficient (Wildman–Crippen LogP) is 3.86. The molecule has 1 heterocycles. The molecule has 0 spiro atoms. The molecule has 0 saturated carbocycles. The van der Waals surface area contributed by atoms with Crippen molar-refractivity contribution in [3.05, 3.63) is 44.8 Å². The van der Waals surface area contributed by atoms with Gasteiger partial charge >= 0.3 is 5.97 Å². The average molecular weight is 366 g/mol. The van der Waals surface area contributed by atoms with Gasteiger partial charge in [-0.15, -0.1) is 11.3 Å². The molecule has 0 aliphatic rings. The minimum Gasteiger partial charge on any atom is -0.477 e. The fourth-order valence-electron chi connectivity index (χ4n) is 1.51. The van der Waals surface area contributed by atoms with Gasteiger partial charge in [0.2, 0.25) is 0 Å². The lowest BCUT2D eigenvalue weighted by Gasteiger charge is -2.11. The predicted molar refractivity (Wildman–Crippen MR) is 83.3 cm³/mol. The first kappa shape index (κ1) is 16.1. The summed E-state index contributed by atoms with van der Waals surface area (Å²) >= 11 is 12.6. The number of aryl methyl sites for hydroxylation is 1. The van der Waals surface area contributed by atoms with Gasteiger partial charge in [-0.1, -0.05) is 29.3 Å². The normalized spacial score (nSPS) is 11.4. The Morgan fingerprint density at radius 2 is 1.90 bits per heavy atom. The lowest BCUT2D eigenvalue weighted by molar-refractivity contribution is 0.0702. The number of halogens is 2. The molecule has 9 heteroatoms. The van der Waals surface area contributed by atoms with E-state index in [4.69, 9.17) is 28.3 Å². The molecule has 2 rings (SSSR count). The van der Waals surface area contributed by atoms with Gasteiger partial charge in [-0.25, -0.2) is 13.2 Å². The summed E-state index contributed by atoms with van der Waals surface area (Å²) in [6.07, 6.45) is 0. The summed E-state index contributed by atoms with van der Waals surface area (Å²) in [4.78, 5) is 10.7. The molecule has 0 bridgehead atoms. The van der Waals surface area contributed by atoms with Crippen LogP contribution >= 0.6 is 34.5 Å². The van der Waals surface area contributed by atoms with E-state index >= 15 is 0 Å². The van der Waals surface area contributed by atoms with Gasteiger partial charge in [-0.2, -0.15) is 0 Å². The van der Waals surface area contributed by atoms with Crippen LogP contribution < -0.4 is 4.72 Å². The second-order valence-electron chi connectivity index (χ2n) is 4.08. The molecule has 0 fully saturated rings. The number of sulfonamides is 1. The Morgan fingerprint density at radius 3 is 2.48 bits per heavy atom. The molecule has 21 heavy (non-hydrogen) atoms. The van der Waals surface area contributed by atoms with E-state index in [2.05, 4.69) is 4.72 Å². The first-order valence-corrected chi connectivity index (χ1v) is 8.58. The van der Waals surface area contributed by atoms with Crippen LogP contribution in [-0.4, -0.2) is 19.5 Å². The minimum atomic E-state index is -3.95. The Morgan fingerprint density at radius 1 is 1.24 bits per heavy atom. The van der Waals surface area contributed by atoms with Crippen LogP contribution in [-0.2, 0) is 10.0 Å². The van der Waals surface area contributed by atoms with Crippen molar-refractivity contribution in [2.75, 3.05) is 4.72 Å². The van der Waals surface area contributed by atoms with E-state index < -0.39 is 16.0 Å². The average Bonchev–Trinajstić information content (AvgIpc) is 2.90. The van der Waals surface area contributed by atoms with Gasteiger partial charge in [-0.3, -0.25) is 4.72 Å². The van der Waals surface area contributed by atoms with Crippen molar-refractivity contribution in [3.8, 4) is 0 Å². The van der Waals surface area contributed by atoms with Gasteiger partial charge < -0.3 is 5.11 Å². The highest BCUT2D eigenvalue weighted by atomic mass is 35.5. The summed E-state index contributed by atoms with van der Waals surface area (Å²) in [5, 5.41) is 9.18. The van der Waals surface area contributed by atoms with Crippen molar-refractivity contribution in [2.24, 2.45) is 0 Å². The monoisotopic (exact) mass is 365 g/mol. The number of hydrogen-bond donors (Lipinski definition) is 2. The van der Waals surface area contributed by atoms with Gasteiger partial charge in [0.15, 0.2) is 0 Å². The summed E-state index contributed by atoms with van der Waals surface area (Å²) < 4.78 is 26.6. The molecule has 112 valence electrons. The van der Waals surface area contributed by atoms with Crippen LogP contribution in [0.1, 0.15) is 15.2 Å². The smallest absolute Gasteiger partial charge is 0.345 e. The second kappa shape index (κ2) is 5.84. The van der Waals surface area contributed by atoms with Crippen molar-refractivity contribution >= 4 is 56.2 Å². The van der Waals surface area contributed by atoms with Crippen molar-refractivity contribution in [1.29, 1.82) is 0 Å². The highest BCUT2D eigenvalue weighted by Crippen LogP contribution is 2.35. The number of aromatic carboxylic acids is 1. The number of rotatable bonds is 4. The summed E-state index contributed by atoms with van der Waals surface area (Å²) in [6.45, 7) is 1.71. The van der Waals surface area contributed by atoms with E-state index in [1.54, 1.807) is 13.0 Å². The molecular weight excluding hydrogens is 357 g/mol. The van der Waals surface area contributed by atoms with Crippen molar-refractivity contribution < 1.29 is 18.3 Å². The number of carbonyl (C=O) groups is 1. The highest BCUT2D eigenvalue weighted by molar-refractivity contribution is 7.94. The summed E-state index contributed by atoms with van der Waals surface area (Å²) in [6, 6.07) is 5.63. The molecule has 0 aliphatic heterocycles. The molecule has 0 amide bonds. The fourth-order valence-corrected chi connectivity index (χ4v) is 4.33. The number of hydrogen-bond acceptors (Lipinski definition) is 4. The van der Waals surface area contributed by atoms with Crippen molar-refractivity contribution in [1.82, 2.24) is 0 Å². The van der Waals surface area contributed by atoms with E-state index in [9.17, 15) is 13.2 Å². The topological polar surface area (TPSA) is 83.5 Å². The zero-order valence-corrected chi connectivity index (χ0v) is 13.7. The number of thiophene rings is 1. The Hall–Kier alpha value is -1.28. The molecule has 2 N–H and O–H groups in total. The number of nitrogens with one attached hydrogen (secondary N) is 1. The molecule has 5 nitrogen and oxygen atoms in total. The molecule has 0 radical (unpaired) electrons. The van der Waals surface area contributed by atoms with Crippen LogP contribution in [0.5, 0.6) is 0 Å². The van der Waals surface area contributed by atoms with E-state index in [0.717, 1.165) is 0 Å². The van der Waals surface area contributed by atoms with Crippen LogP contribution in [0.3, 0.4) is 0 Å². The largest absolute Gasteiger partial charge is 0.477 e. The molecule has 0 unspecified atom stereocenters. The summed E-state index contributed by atoms with van der Waals surface area (Å²) in [5.41, 5.74) is 0.736. The lowest BCUT2D eigenvalue weighted by Crippen LogP contribution is -2.12. The van der Waals surface area contributed by atoms with Gasteiger partial charge in [-0.05, 0) is 30.7 Å². The van der Waals surface area contributed by atoms with E-state index in [-0.39, 0.29) is 24.8 Å². The third-order valence-electron chi connectivity index (χ3n) is 2.58. The van der Waals surface area contributed by atoms with Gasteiger partial charge in [0.1, 0.15) is 9.09 Å². The zero-order valence-electron chi connectivity index (χ0n) is 10.6. The molecule has 1 aromatic heterocycles. The fraction of sp³-hybridized carbons (Fsp3) is 0.0833. The first-order valence-electron chi connectivity index (χ1n) is 5.53. The van der Waals surface area contributed by atoms with Crippen molar-refractivity contribution in [2.45, 2.75) is 11.1 Å². The number of anilines is 1. The molecule has 0 atom stereocenters. The summed E-state index contributed by atoms with van der Waals surface area (Å²) in [5.74, 6) is -1.19. The summed E-state index contributed by atoms with van der Waals surface area (Å²) in [7, 11) is -3.95. The van der Waals surface area contributed by atoms with E-state index in [1.807, 2.05) is 0 Å². The van der Waals surface area contributed by atoms with Crippen LogP contribution in [0.25, 0.3) is 0 Å². The van der Waals surface area contributed by atoms with Crippen molar-refractivity contribution in [3.63, 3.8) is 0 Å². The van der Waals surface area contributed by atoms with E-state index in [0.29, 0.717) is 16.9 Å². The quantitative estimate of drug-likeness (QED) is 0.861. The number of benzene rings is 1. The highest BCUT2D eigenvalue weighted by Gasteiger charge is 2.22. The Bertz CT molecular complexity index is 815. The maximum Gasteiger partial charge on any atom is 0.345 e. The lowest BCUT2D eigenvalue weighted by atomic mass is 10.2. The molecular formula is C12H9Cl2NO4S2. The Kier molecular flexibility index (Phi) is 4.48. The van der Waals surface area contributed by atoms with Crippen LogP contribution in [0.15, 0.2) is 28.5 Å². The number of carboxylic acid groups (broad SMARTS) is 1. The zero-order chi connectivity index (χ0) is 15.8. The molecule has 2 aromatic rings. The molecule has 0 saturated heterocycles.